The summed E-state index contributed by atoms with van der Waals surface area (Å²) in [5, 5.41) is 10.1. The van der Waals surface area contributed by atoms with Gasteiger partial charge in [-0.1, -0.05) is 30.3 Å². The fourth-order valence-corrected chi connectivity index (χ4v) is 7.09. The molecule has 5 saturated carbocycles. The standard InChI is InChI=1S/C22H31NO/c1-23(21-10-16-7-17(11-21)9-18(8-16)12-21)14-20-13-22(20,15-24)19-5-3-2-4-6-19/h2-6,16-18,20,24H,7-15H2,1H3. The second kappa shape index (κ2) is 5.32. The molecule has 1 aromatic rings. The van der Waals surface area contributed by atoms with Crippen molar-refractivity contribution >= 4 is 0 Å². The lowest BCUT2D eigenvalue weighted by Crippen LogP contribution is -2.59. The van der Waals surface area contributed by atoms with Gasteiger partial charge in [0, 0.05) is 17.5 Å². The average molecular weight is 325 g/mol. The van der Waals surface area contributed by atoms with E-state index in [1.54, 1.807) is 0 Å². The van der Waals surface area contributed by atoms with E-state index in [9.17, 15) is 5.11 Å². The molecule has 0 spiro atoms. The van der Waals surface area contributed by atoms with E-state index in [1.807, 2.05) is 0 Å². The molecule has 5 fully saturated rings. The van der Waals surface area contributed by atoms with Crippen molar-refractivity contribution < 1.29 is 5.11 Å². The molecule has 2 atom stereocenters. The van der Waals surface area contributed by atoms with Crippen LogP contribution < -0.4 is 0 Å². The van der Waals surface area contributed by atoms with Crippen molar-refractivity contribution in [1.29, 1.82) is 0 Å². The minimum absolute atomic E-state index is 0.0395. The van der Waals surface area contributed by atoms with Gasteiger partial charge in [-0.05, 0) is 81.2 Å². The Bertz CT molecular complexity index is 576. The van der Waals surface area contributed by atoms with Crippen LogP contribution in [0.1, 0.15) is 50.5 Å². The molecule has 24 heavy (non-hydrogen) atoms. The molecular weight excluding hydrogens is 294 g/mol. The van der Waals surface area contributed by atoms with Gasteiger partial charge >= 0.3 is 0 Å². The summed E-state index contributed by atoms with van der Waals surface area (Å²) in [6.07, 6.45) is 10.0. The molecule has 6 rings (SSSR count). The van der Waals surface area contributed by atoms with Gasteiger partial charge in [0.1, 0.15) is 0 Å². The zero-order valence-electron chi connectivity index (χ0n) is 15.0. The highest BCUT2D eigenvalue weighted by Gasteiger charge is 2.58. The molecule has 4 bridgehead atoms. The number of hydrogen-bond donors (Lipinski definition) is 1. The highest BCUT2D eigenvalue weighted by Crippen LogP contribution is 2.59. The number of rotatable bonds is 5. The Balaban J connectivity index is 1.32. The summed E-state index contributed by atoms with van der Waals surface area (Å²) in [7, 11) is 2.39. The summed E-state index contributed by atoms with van der Waals surface area (Å²) in [6, 6.07) is 10.7. The molecule has 0 aliphatic heterocycles. The fourth-order valence-electron chi connectivity index (χ4n) is 7.09. The molecule has 1 N–H and O–H groups in total. The van der Waals surface area contributed by atoms with Gasteiger partial charge in [-0.15, -0.1) is 0 Å². The first kappa shape index (κ1) is 15.4. The minimum atomic E-state index is 0.0395. The van der Waals surface area contributed by atoms with Crippen molar-refractivity contribution in [2.24, 2.45) is 23.7 Å². The molecule has 5 aliphatic rings. The van der Waals surface area contributed by atoms with Crippen LogP contribution in [0.2, 0.25) is 0 Å². The van der Waals surface area contributed by atoms with Crippen molar-refractivity contribution in [3.63, 3.8) is 0 Å². The van der Waals surface area contributed by atoms with Crippen molar-refractivity contribution in [3.05, 3.63) is 35.9 Å². The van der Waals surface area contributed by atoms with Crippen molar-refractivity contribution in [2.75, 3.05) is 20.2 Å². The number of benzene rings is 1. The van der Waals surface area contributed by atoms with E-state index in [-0.39, 0.29) is 5.41 Å². The number of hydrogen-bond acceptors (Lipinski definition) is 2. The fraction of sp³-hybridized carbons (Fsp3) is 0.727. The van der Waals surface area contributed by atoms with Gasteiger partial charge in [-0.3, -0.25) is 0 Å². The predicted molar refractivity (Wildman–Crippen MR) is 96.8 cm³/mol. The lowest BCUT2D eigenvalue weighted by atomic mass is 9.52. The van der Waals surface area contributed by atoms with Crippen LogP contribution in [-0.4, -0.2) is 35.7 Å². The van der Waals surface area contributed by atoms with Crippen LogP contribution in [0, 0.1) is 23.7 Å². The smallest absolute Gasteiger partial charge is 0.0531 e. The van der Waals surface area contributed by atoms with Gasteiger partial charge in [0.15, 0.2) is 0 Å². The van der Waals surface area contributed by atoms with Crippen molar-refractivity contribution in [1.82, 2.24) is 4.90 Å². The third-order valence-electron chi connectivity index (χ3n) is 8.17. The van der Waals surface area contributed by atoms with E-state index in [4.69, 9.17) is 0 Å². The van der Waals surface area contributed by atoms with E-state index in [1.165, 1.54) is 50.6 Å². The second-order valence-electron chi connectivity index (χ2n) is 9.60. The maximum absolute atomic E-state index is 10.1. The highest BCUT2D eigenvalue weighted by molar-refractivity contribution is 5.34. The predicted octanol–water partition coefficient (Wildman–Crippen LogP) is 3.84. The number of aliphatic hydroxyl groups excluding tert-OH is 1. The first-order valence-corrected chi connectivity index (χ1v) is 10.0. The quantitative estimate of drug-likeness (QED) is 0.889. The van der Waals surface area contributed by atoms with Crippen molar-refractivity contribution in [2.45, 2.75) is 55.9 Å². The SMILES string of the molecule is CN(CC1CC1(CO)c1ccccc1)C12CC3CC(CC(C3)C1)C2. The van der Waals surface area contributed by atoms with Crippen molar-refractivity contribution in [3.8, 4) is 0 Å². The Kier molecular flexibility index (Phi) is 3.41. The molecule has 130 valence electrons. The van der Waals surface area contributed by atoms with Crippen LogP contribution in [-0.2, 0) is 5.41 Å². The molecule has 0 heterocycles. The Hall–Kier alpha value is -0.860. The third-order valence-corrected chi connectivity index (χ3v) is 8.17. The number of nitrogens with zero attached hydrogens (tertiary/aromatic N) is 1. The van der Waals surface area contributed by atoms with E-state index < -0.39 is 0 Å². The van der Waals surface area contributed by atoms with Crippen LogP contribution >= 0.6 is 0 Å². The first-order valence-electron chi connectivity index (χ1n) is 10.0. The molecule has 0 saturated heterocycles. The Morgan fingerprint density at radius 1 is 0.958 bits per heavy atom. The summed E-state index contributed by atoms with van der Waals surface area (Å²) >= 11 is 0. The van der Waals surface area contributed by atoms with Gasteiger partial charge in [-0.2, -0.15) is 0 Å². The zero-order valence-corrected chi connectivity index (χ0v) is 15.0. The van der Waals surface area contributed by atoms with Gasteiger partial charge in [0.2, 0.25) is 0 Å². The number of aliphatic hydroxyl groups is 1. The Labute approximate surface area is 146 Å². The Morgan fingerprint density at radius 2 is 1.54 bits per heavy atom. The molecule has 2 nitrogen and oxygen atoms in total. The molecule has 0 radical (unpaired) electrons. The molecule has 2 unspecified atom stereocenters. The van der Waals surface area contributed by atoms with Gasteiger partial charge in [0.25, 0.3) is 0 Å². The maximum atomic E-state index is 10.1. The molecule has 0 amide bonds. The minimum Gasteiger partial charge on any atom is -0.395 e. The van der Waals surface area contributed by atoms with Crippen LogP contribution in [0.25, 0.3) is 0 Å². The second-order valence-corrected chi connectivity index (χ2v) is 9.60. The average Bonchev–Trinajstić information content (AvgIpc) is 3.29. The highest BCUT2D eigenvalue weighted by atomic mass is 16.3. The summed E-state index contributed by atoms with van der Waals surface area (Å²) in [5.74, 6) is 3.65. The van der Waals surface area contributed by atoms with Crippen LogP contribution in [0.15, 0.2) is 30.3 Å². The zero-order chi connectivity index (χ0) is 16.4. The van der Waals surface area contributed by atoms with Gasteiger partial charge < -0.3 is 10.0 Å². The van der Waals surface area contributed by atoms with E-state index in [0.29, 0.717) is 18.1 Å². The summed E-state index contributed by atoms with van der Waals surface area (Å²) < 4.78 is 0. The van der Waals surface area contributed by atoms with Crippen LogP contribution in [0.4, 0.5) is 0 Å². The maximum Gasteiger partial charge on any atom is 0.0531 e. The normalized spacial score (nSPS) is 45.8. The third kappa shape index (κ3) is 2.22. The molecule has 1 aromatic carbocycles. The lowest BCUT2D eigenvalue weighted by Gasteiger charge is -2.60. The van der Waals surface area contributed by atoms with Gasteiger partial charge in [0.05, 0.1) is 6.61 Å². The summed E-state index contributed by atoms with van der Waals surface area (Å²) in [6.45, 7) is 1.47. The molecule has 2 heteroatoms. The van der Waals surface area contributed by atoms with Crippen LogP contribution in [0.5, 0.6) is 0 Å². The van der Waals surface area contributed by atoms with Crippen LogP contribution in [0.3, 0.4) is 0 Å². The largest absolute Gasteiger partial charge is 0.395 e. The first-order chi connectivity index (χ1) is 11.6. The summed E-state index contributed by atoms with van der Waals surface area (Å²) in [4.78, 5) is 2.74. The van der Waals surface area contributed by atoms with E-state index in [2.05, 4.69) is 42.3 Å². The van der Waals surface area contributed by atoms with E-state index in [0.717, 1.165) is 24.2 Å². The molecule has 0 aromatic heterocycles. The molecule has 5 aliphatic carbocycles. The van der Waals surface area contributed by atoms with E-state index >= 15 is 0 Å². The monoisotopic (exact) mass is 325 g/mol. The lowest BCUT2D eigenvalue weighted by molar-refractivity contribution is -0.0810. The Morgan fingerprint density at radius 3 is 2.08 bits per heavy atom. The van der Waals surface area contributed by atoms with Gasteiger partial charge in [-0.25, -0.2) is 0 Å². The topological polar surface area (TPSA) is 23.5 Å². The molecular formula is C22H31NO. The summed E-state index contributed by atoms with van der Waals surface area (Å²) in [5.41, 5.74) is 1.88.